The maximum atomic E-state index is 12.3. The second-order valence-corrected chi connectivity index (χ2v) is 8.19. The van der Waals surface area contributed by atoms with Crippen molar-refractivity contribution in [2.75, 3.05) is 26.0 Å². The molecule has 0 spiro atoms. The maximum Gasteiger partial charge on any atom is 0.311 e. The van der Waals surface area contributed by atoms with Crippen molar-refractivity contribution in [2.24, 2.45) is 5.92 Å². The van der Waals surface area contributed by atoms with Crippen LogP contribution in [-0.2, 0) is 16.0 Å². The van der Waals surface area contributed by atoms with Crippen LogP contribution in [0.2, 0.25) is 0 Å². The third kappa shape index (κ3) is 4.90. The van der Waals surface area contributed by atoms with Gasteiger partial charge in [-0.05, 0) is 63.1 Å². The van der Waals surface area contributed by atoms with Gasteiger partial charge >= 0.3 is 5.97 Å². The second-order valence-electron chi connectivity index (χ2n) is 7.19. The van der Waals surface area contributed by atoms with E-state index >= 15 is 0 Å². The van der Waals surface area contributed by atoms with E-state index in [-0.39, 0.29) is 17.1 Å². The van der Waals surface area contributed by atoms with E-state index in [4.69, 9.17) is 4.74 Å². The summed E-state index contributed by atoms with van der Waals surface area (Å²) in [5.41, 5.74) is 1.62. The van der Waals surface area contributed by atoms with E-state index < -0.39 is 5.60 Å². The first-order valence-electron chi connectivity index (χ1n) is 8.15. The fraction of sp³-hybridized carbons (Fsp3) is 0.556. The van der Waals surface area contributed by atoms with Gasteiger partial charge in [0.1, 0.15) is 5.60 Å². The highest BCUT2D eigenvalue weighted by molar-refractivity contribution is 8.13. The monoisotopic (exact) mass is 350 g/mol. The molecule has 132 valence electrons. The number of carbonyl (C=O) groups is 2. The van der Waals surface area contributed by atoms with Gasteiger partial charge in [0.15, 0.2) is 0 Å². The van der Waals surface area contributed by atoms with Gasteiger partial charge in [0.2, 0.25) is 0 Å². The molecule has 2 rings (SSSR count). The number of hydrogen-bond donors (Lipinski definition) is 1. The molecule has 1 aliphatic heterocycles. The van der Waals surface area contributed by atoms with E-state index in [0.717, 1.165) is 22.6 Å². The van der Waals surface area contributed by atoms with Crippen molar-refractivity contribution in [3.05, 3.63) is 23.8 Å². The first kappa shape index (κ1) is 18.6. The van der Waals surface area contributed by atoms with Crippen molar-refractivity contribution >= 4 is 28.7 Å². The van der Waals surface area contributed by atoms with Gasteiger partial charge in [-0.3, -0.25) is 9.59 Å². The molecule has 24 heavy (non-hydrogen) atoms. The number of carbonyl (C=O) groups excluding carboxylic acids is 2. The predicted molar refractivity (Wildman–Crippen MR) is 97.5 cm³/mol. The van der Waals surface area contributed by atoms with E-state index in [9.17, 15) is 9.59 Å². The van der Waals surface area contributed by atoms with E-state index in [2.05, 4.69) is 5.32 Å². The number of thioether (sulfide) groups is 1. The third-order valence-corrected chi connectivity index (χ3v) is 4.86. The summed E-state index contributed by atoms with van der Waals surface area (Å²) in [6, 6.07) is 5.89. The zero-order chi connectivity index (χ0) is 17.9. The molecule has 0 aliphatic carbocycles. The second kappa shape index (κ2) is 7.47. The highest BCUT2D eigenvalue weighted by Gasteiger charge is 2.28. The first-order valence-corrected chi connectivity index (χ1v) is 8.97. The van der Waals surface area contributed by atoms with Gasteiger partial charge in [0.25, 0.3) is 5.24 Å². The summed E-state index contributed by atoms with van der Waals surface area (Å²) in [5.74, 6) is -0.347. The molecule has 5 nitrogen and oxygen atoms in total. The Labute approximate surface area is 148 Å². The fourth-order valence-electron chi connectivity index (χ4n) is 2.51. The van der Waals surface area contributed by atoms with Crippen LogP contribution in [0.15, 0.2) is 23.1 Å². The Morgan fingerprint density at radius 1 is 1.29 bits per heavy atom. The molecule has 0 radical (unpaired) electrons. The number of amides is 1. The first-order chi connectivity index (χ1) is 11.2. The molecule has 1 aromatic rings. The number of fused-ring (bicyclic) bond motifs is 1. The molecule has 6 heteroatoms. The van der Waals surface area contributed by atoms with Crippen LogP contribution in [0.1, 0.15) is 32.8 Å². The molecule has 1 heterocycles. The number of benzene rings is 1. The van der Waals surface area contributed by atoms with E-state index in [1.165, 1.54) is 11.8 Å². The smallest absolute Gasteiger partial charge is 0.311 e. The standard InChI is InChI=1S/C18H26N2O3S/c1-18(2,3)23-16(21)12-9-10-13-14(19-11-12)7-6-8-15(13)24-17(22)20(4)5/h6-8,12,19H,9-11H2,1-5H3. The molecule has 0 bridgehead atoms. The predicted octanol–water partition coefficient (Wildman–Crippen LogP) is 3.78. The van der Waals surface area contributed by atoms with Crippen molar-refractivity contribution in [1.29, 1.82) is 0 Å². The van der Waals surface area contributed by atoms with Gasteiger partial charge in [-0.1, -0.05) is 6.07 Å². The number of rotatable bonds is 2. The number of anilines is 1. The van der Waals surface area contributed by atoms with Gasteiger partial charge in [-0.15, -0.1) is 0 Å². The molecule has 0 saturated heterocycles. The van der Waals surface area contributed by atoms with E-state index in [1.54, 1.807) is 19.0 Å². The lowest BCUT2D eigenvalue weighted by molar-refractivity contribution is -0.159. The zero-order valence-electron chi connectivity index (χ0n) is 15.0. The Kier molecular flexibility index (Phi) is 5.80. The molecule has 1 unspecified atom stereocenters. The Morgan fingerprint density at radius 3 is 2.62 bits per heavy atom. The summed E-state index contributed by atoms with van der Waals surface area (Å²) in [7, 11) is 3.49. The minimum absolute atomic E-state index is 0.00339. The average molecular weight is 350 g/mol. The molecule has 1 aromatic carbocycles. The van der Waals surface area contributed by atoms with Crippen LogP contribution < -0.4 is 5.32 Å². The van der Waals surface area contributed by atoms with Crippen LogP contribution in [-0.4, -0.2) is 42.3 Å². The van der Waals surface area contributed by atoms with Crippen molar-refractivity contribution in [3.8, 4) is 0 Å². The Hall–Kier alpha value is -1.69. The topological polar surface area (TPSA) is 58.6 Å². The number of ether oxygens (including phenoxy) is 1. The summed E-state index contributed by atoms with van der Waals surface area (Å²) < 4.78 is 5.51. The number of nitrogens with zero attached hydrogens (tertiary/aromatic N) is 1. The molecule has 0 aromatic heterocycles. The summed E-state index contributed by atoms with van der Waals surface area (Å²) >= 11 is 1.23. The lowest BCUT2D eigenvalue weighted by Gasteiger charge is -2.23. The summed E-state index contributed by atoms with van der Waals surface area (Å²) in [6.45, 7) is 6.19. The number of esters is 1. The van der Waals surface area contributed by atoms with Crippen LogP contribution >= 0.6 is 11.8 Å². The quantitative estimate of drug-likeness (QED) is 0.650. The summed E-state index contributed by atoms with van der Waals surface area (Å²) in [6.07, 6.45) is 1.46. The zero-order valence-corrected chi connectivity index (χ0v) is 15.8. The van der Waals surface area contributed by atoms with Gasteiger partial charge in [0.05, 0.1) is 5.92 Å². The van der Waals surface area contributed by atoms with Gasteiger partial charge < -0.3 is 15.0 Å². The highest BCUT2D eigenvalue weighted by Crippen LogP contribution is 2.34. The van der Waals surface area contributed by atoms with Gasteiger partial charge in [0, 0.05) is 31.2 Å². The van der Waals surface area contributed by atoms with E-state index in [1.807, 2.05) is 39.0 Å². The van der Waals surface area contributed by atoms with Crippen LogP contribution in [0.5, 0.6) is 0 Å². The highest BCUT2D eigenvalue weighted by atomic mass is 32.2. The lowest BCUT2D eigenvalue weighted by atomic mass is 10.0. The van der Waals surface area contributed by atoms with Crippen molar-refractivity contribution < 1.29 is 14.3 Å². The maximum absolute atomic E-state index is 12.3. The SMILES string of the molecule is CN(C)C(=O)Sc1cccc2c1CCC(C(=O)OC(C)(C)C)CN2. The van der Waals surface area contributed by atoms with Crippen LogP contribution in [0.4, 0.5) is 10.5 Å². The minimum atomic E-state index is -0.477. The normalized spacial score (nSPS) is 17.3. The van der Waals surface area contributed by atoms with E-state index in [0.29, 0.717) is 13.0 Å². The molecule has 1 N–H and O–H groups in total. The number of nitrogens with one attached hydrogen (secondary N) is 1. The summed E-state index contributed by atoms with van der Waals surface area (Å²) in [4.78, 5) is 26.9. The Bertz CT molecular complexity index is 623. The lowest BCUT2D eigenvalue weighted by Crippen LogP contribution is -2.31. The molecular weight excluding hydrogens is 324 g/mol. The molecular formula is C18H26N2O3S. The third-order valence-electron chi connectivity index (χ3n) is 3.72. The van der Waals surface area contributed by atoms with Crippen LogP contribution in [0.3, 0.4) is 0 Å². The van der Waals surface area contributed by atoms with Gasteiger partial charge in [-0.2, -0.15) is 0 Å². The van der Waals surface area contributed by atoms with Crippen LogP contribution in [0, 0.1) is 5.92 Å². The summed E-state index contributed by atoms with van der Waals surface area (Å²) in [5, 5.41) is 3.34. The fourth-order valence-corrected chi connectivity index (χ4v) is 3.36. The Balaban J connectivity index is 2.13. The Morgan fingerprint density at radius 2 is 2.00 bits per heavy atom. The molecule has 0 fully saturated rings. The average Bonchev–Trinajstić information content (AvgIpc) is 2.68. The van der Waals surface area contributed by atoms with Crippen molar-refractivity contribution in [2.45, 2.75) is 44.1 Å². The van der Waals surface area contributed by atoms with Gasteiger partial charge in [-0.25, -0.2) is 0 Å². The van der Waals surface area contributed by atoms with Crippen molar-refractivity contribution in [1.82, 2.24) is 4.90 Å². The molecule has 1 aliphatic rings. The molecule has 0 saturated carbocycles. The minimum Gasteiger partial charge on any atom is -0.460 e. The largest absolute Gasteiger partial charge is 0.460 e. The number of hydrogen-bond acceptors (Lipinski definition) is 5. The van der Waals surface area contributed by atoms with Crippen LogP contribution in [0.25, 0.3) is 0 Å². The molecule has 1 atom stereocenters. The molecule has 1 amide bonds. The van der Waals surface area contributed by atoms with Crippen molar-refractivity contribution in [3.63, 3.8) is 0 Å².